The third-order valence-corrected chi connectivity index (χ3v) is 4.76. The van der Waals surface area contributed by atoms with Gasteiger partial charge in [-0.15, -0.1) is 0 Å². The van der Waals surface area contributed by atoms with Gasteiger partial charge in [0.25, 0.3) is 5.91 Å². The summed E-state index contributed by atoms with van der Waals surface area (Å²) in [6.45, 7) is 4.19. The lowest BCUT2D eigenvalue weighted by atomic mass is 10.1. The van der Waals surface area contributed by atoms with Gasteiger partial charge in [-0.05, 0) is 42.7 Å². The van der Waals surface area contributed by atoms with Crippen LogP contribution >= 0.6 is 11.8 Å². The first-order chi connectivity index (χ1) is 11.1. The smallest absolute Gasteiger partial charge is 0.260 e. The molecule has 2 N–H and O–H groups in total. The van der Waals surface area contributed by atoms with Crippen LogP contribution in [0.3, 0.4) is 0 Å². The van der Waals surface area contributed by atoms with Gasteiger partial charge in [-0.3, -0.25) is 4.79 Å². The van der Waals surface area contributed by atoms with Crippen LogP contribution in [0.25, 0.3) is 6.08 Å². The molecule has 0 aliphatic carbocycles. The number of amides is 1. The standard InChI is InChI=1S/C19H20N2OS/c1-3-14-7-9-16(10-8-14)20-19-21-18(22)17(23-19)12-15-6-4-5-13(2)11-15/h4-12,19-20H,3H2,1-2H3,(H,21,22)/b17-12-/t19-/m0/s1. The summed E-state index contributed by atoms with van der Waals surface area (Å²) in [7, 11) is 0. The highest BCUT2D eigenvalue weighted by molar-refractivity contribution is 8.05. The maximum absolute atomic E-state index is 12.1. The van der Waals surface area contributed by atoms with E-state index < -0.39 is 0 Å². The molecule has 1 heterocycles. The molecule has 1 amide bonds. The van der Waals surface area contributed by atoms with Crippen molar-refractivity contribution in [1.29, 1.82) is 0 Å². The van der Waals surface area contributed by atoms with Crippen LogP contribution in [0.15, 0.2) is 53.4 Å². The third-order valence-electron chi connectivity index (χ3n) is 3.73. The first-order valence-electron chi connectivity index (χ1n) is 7.75. The zero-order chi connectivity index (χ0) is 16.2. The summed E-state index contributed by atoms with van der Waals surface area (Å²) in [4.78, 5) is 12.9. The molecule has 0 saturated carbocycles. The van der Waals surface area contributed by atoms with Crippen molar-refractivity contribution in [2.24, 2.45) is 0 Å². The number of nitrogens with one attached hydrogen (secondary N) is 2. The number of thioether (sulfide) groups is 1. The molecule has 1 atom stereocenters. The van der Waals surface area contributed by atoms with Gasteiger partial charge in [0.15, 0.2) is 5.50 Å². The van der Waals surface area contributed by atoms with Gasteiger partial charge in [-0.25, -0.2) is 0 Å². The maximum atomic E-state index is 12.1. The molecule has 0 bridgehead atoms. The van der Waals surface area contributed by atoms with E-state index in [1.807, 2.05) is 43.3 Å². The van der Waals surface area contributed by atoms with Crippen LogP contribution in [0.4, 0.5) is 5.69 Å². The molecule has 0 unspecified atom stereocenters. The van der Waals surface area contributed by atoms with E-state index in [0.29, 0.717) is 0 Å². The highest BCUT2D eigenvalue weighted by atomic mass is 32.2. The Balaban J connectivity index is 1.69. The van der Waals surface area contributed by atoms with Crippen molar-refractivity contribution in [2.75, 3.05) is 5.32 Å². The Kier molecular flexibility index (Phi) is 4.72. The zero-order valence-corrected chi connectivity index (χ0v) is 14.1. The molecule has 3 nitrogen and oxygen atoms in total. The number of anilines is 1. The molecule has 1 fully saturated rings. The second-order valence-electron chi connectivity index (χ2n) is 5.59. The average Bonchev–Trinajstić information content (AvgIpc) is 2.87. The van der Waals surface area contributed by atoms with Crippen molar-refractivity contribution >= 4 is 29.4 Å². The molecule has 2 aromatic carbocycles. The Morgan fingerprint density at radius 1 is 1.22 bits per heavy atom. The monoisotopic (exact) mass is 324 g/mol. The molecule has 3 rings (SSSR count). The van der Waals surface area contributed by atoms with E-state index in [4.69, 9.17) is 0 Å². The van der Waals surface area contributed by atoms with Crippen molar-refractivity contribution in [3.63, 3.8) is 0 Å². The molecule has 118 valence electrons. The number of carbonyl (C=O) groups excluding carboxylic acids is 1. The van der Waals surface area contributed by atoms with Gasteiger partial charge in [0, 0.05) is 5.69 Å². The molecule has 1 saturated heterocycles. The molecule has 1 aliphatic rings. The second kappa shape index (κ2) is 6.92. The van der Waals surface area contributed by atoms with Gasteiger partial charge in [-0.1, -0.05) is 60.6 Å². The van der Waals surface area contributed by atoms with E-state index in [1.165, 1.54) is 22.9 Å². The molecule has 0 aromatic heterocycles. The molecule has 0 radical (unpaired) electrons. The molecule has 0 spiro atoms. The number of hydrogen-bond acceptors (Lipinski definition) is 3. The second-order valence-corrected chi connectivity index (χ2v) is 6.74. The highest BCUT2D eigenvalue weighted by Crippen LogP contribution is 2.30. The Morgan fingerprint density at radius 3 is 2.70 bits per heavy atom. The van der Waals surface area contributed by atoms with Gasteiger partial charge < -0.3 is 10.6 Å². The minimum atomic E-state index is -0.133. The van der Waals surface area contributed by atoms with Gasteiger partial charge >= 0.3 is 0 Å². The van der Waals surface area contributed by atoms with E-state index in [1.54, 1.807) is 0 Å². The Labute approximate surface area is 141 Å². The van der Waals surface area contributed by atoms with Gasteiger partial charge in [0.2, 0.25) is 0 Å². The summed E-state index contributed by atoms with van der Waals surface area (Å²) in [6, 6.07) is 16.4. The van der Waals surface area contributed by atoms with E-state index in [2.05, 4.69) is 35.8 Å². The van der Waals surface area contributed by atoms with Crippen LogP contribution in [0.5, 0.6) is 0 Å². The fourth-order valence-corrected chi connectivity index (χ4v) is 3.45. The van der Waals surface area contributed by atoms with Crippen LogP contribution in [-0.2, 0) is 11.2 Å². The summed E-state index contributed by atoms with van der Waals surface area (Å²) in [5, 5.41) is 6.30. The quantitative estimate of drug-likeness (QED) is 0.830. The molecule has 23 heavy (non-hydrogen) atoms. The number of hydrogen-bond donors (Lipinski definition) is 2. The fraction of sp³-hybridized carbons (Fsp3) is 0.211. The largest absolute Gasteiger partial charge is 0.357 e. The lowest BCUT2D eigenvalue weighted by Gasteiger charge is -2.12. The normalized spacial score (nSPS) is 19.0. The summed E-state index contributed by atoms with van der Waals surface area (Å²) in [5.74, 6) is -0.0285. The first kappa shape index (κ1) is 15.7. The molecule has 1 aliphatic heterocycles. The van der Waals surface area contributed by atoms with Gasteiger partial charge in [0.1, 0.15) is 0 Å². The van der Waals surface area contributed by atoms with E-state index in [0.717, 1.165) is 22.6 Å². The van der Waals surface area contributed by atoms with Crippen molar-refractivity contribution in [2.45, 2.75) is 25.8 Å². The predicted octanol–water partition coefficient (Wildman–Crippen LogP) is 4.16. The maximum Gasteiger partial charge on any atom is 0.260 e. The summed E-state index contributed by atoms with van der Waals surface area (Å²) in [6.07, 6.45) is 2.97. The number of carbonyl (C=O) groups is 1. The zero-order valence-electron chi connectivity index (χ0n) is 13.3. The van der Waals surface area contributed by atoms with Crippen molar-refractivity contribution in [3.05, 3.63) is 70.1 Å². The van der Waals surface area contributed by atoms with Crippen molar-refractivity contribution < 1.29 is 4.79 Å². The van der Waals surface area contributed by atoms with Crippen LogP contribution in [0, 0.1) is 6.92 Å². The van der Waals surface area contributed by atoms with Crippen LogP contribution < -0.4 is 10.6 Å². The van der Waals surface area contributed by atoms with Crippen molar-refractivity contribution in [1.82, 2.24) is 5.32 Å². The van der Waals surface area contributed by atoms with Crippen LogP contribution in [-0.4, -0.2) is 11.4 Å². The summed E-state index contributed by atoms with van der Waals surface area (Å²) in [5.41, 5.74) is 4.42. The summed E-state index contributed by atoms with van der Waals surface area (Å²) >= 11 is 1.51. The van der Waals surface area contributed by atoms with E-state index in [9.17, 15) is 4.79 Å². The van der Waals surface area contributed by atoms with Crippen molar-refractivity contribution in [3.8, 4) is 0 Å². The SMILES string of the molecule is CCc1ccc(N[C@H]2NC(=O)/C(=C/c3cccc(C)c3)S2)cc1. The van der Waals surface area contributed by atoms with Gasteiger partial charge in [-0.2, -0.15) is 0 Å². The highest BCUT2D eigenvalue weighted by Gasteiger charge is 2.26. The van der Waals surface area contributed by atoms with E-state index in [-0.39, 0.29) is 11.4 Å². The molecular weight excluding hydrogens is 304 g/mol. The lowest BCUT2D eigenvalue weighted by molar-refractivity contribution is -0.116. The number of benzene rings is 2. The van der Waals surface area contributed by atoms with Crippen LogP contribution in [0.2, 0.25) is 0 Å². The predicted molar refractivity (Wildman–Crippen MR) is 98.1 cm³/mol. The molecule has 4 heteroatoms. The Hall–Kier alpha value is -2.20. The molecule has 2 aromatic rings. The average molecular weight is 324 g/mol. The molecular formula is C19H20N2OS. The Bertz CT molecular complexity index is 737. The topological polar surface area (TPSA) is 41.1 Å². The fourth-order valence-electron chi connectivity index (χ4n) is 2.46. The first-order valence-corrected chi connectivity index (χ1v) is 8.63. The Morgan fingerprint density at radius 2 is 2.00 bits per heavy atom. The van der Waals surface area contributed by atoms with E-state index >= 15 is 0 Å². The minimum absolute atomic E-state index is 0.0285. The summed E-state index contributed by atoms with van der Waals surface area (Å²) < 4.78 is 0. The van der Waals surface area contributed by atoms with Crippen LogP contribution in [0.1, 0.15) is 23.6 Å². The number of rotatable bonds is 4. The third kappa shape index (κ3) is 3.96. The number of aryl methyl sites for hydroxylation is 2. The lowest BCUT2D eigenvalue weighted by Crippen LogP contribution is -2.30. The minimum Gasteiger partial charge on any atom is -0.357 e. The van der Waals surface area contributed by atoms with Gasteiger partial charge in [0.05, 0.1) is 4.91 Å².